The Morgan fingerprint density at radius 1 is 1.50 bits per heavy atom. The minimum atomic E-state index is -0.000448. The first-order valence-electron chi connectivity index (χ1n) is 4.55. The molecule has 1 fully saturated rings. The van der Waals surface area contributed by atoms with Gasteiger partial charge in [0, 0.05) is 5.88 Å². The maximum Gasteiger partial charge on any atom is 0.148 e. The van der Waals surface area contributed by atoms with Gasteiger partial charge in [0.15, 0.2) is 0 Å². The van der Waals surface area contributed by atoms with Gasteiger partial charge in [-0.2, -0.15) is 0 Å². The molecule has 3 nitrogen and oxygen atoms in total. The van der Waals surface area contributed by atoms with Crippen LogP contribution in [0.3, 0.4) is 0 Å². The molecule has 0 unspecified atom stereocenters. The molecule has 14 heavy (non-hydrogen) atoms. The van der Waals surface area contributed by atoms with Crippen LogP contribution >= 0.6 is 23.2 Å². The van der Waals surface area contributed by atoms with Crippen LogP contribution in [0.2, 0.25) is 5.02 Å². The van der Waals surface area contributed by atoms with Crippen LogP contribution in [0.15, 0.2) is 12.5 Å². The Kier molecular flexibility index (Phi) is 2.79. The number of hydrogen-bond acceptors (Lipinski definition) is 3. The second kappa shape index (κ2) is 3.91. The van der Waals surface area contributed by atoms with Crippen molar-refractivity contribution in [3.63, 3.8) is 0 Å². The van der Waals surface area contributed by atoms with Crippen LogP contribution < -0.4 is 5.32 Å². The number of aromatic nitrogens is 2. The van der Waals surface area contributed by atoms with E-state index in [1.807, 2.05) is 0 Å². The van der Waals surface area contributed by atoms with Crippen LogP contribution in [0.5, 0.6) is 0 Å². The molecule has 0 aliphatic heterocycles. The lowest BCUT2D eigenvalue weighted by atomic mass is 9.78. The fraction of sp³-hybridized carbons (Fsp3) is 0.556. The molecule has 0 radical (unpaired) electrons. The van der Waals surface area contributed by atoms with Crippen molar-refractivity contribution in [2.45, 2.75) is 24.8 Å². The number of halogens is 2. The summed E-state index contributed by atoms with van der Waals surface area (Å²) >= 11 is 11.9. The minimum Gasteiger partial charge on any atom is -0.362 e. The predicted molar refractivity (Wildman–Crippen MR) is 58.0 cm³/mol. The Labute approximate surface area is 92.8 Å². The van der Waals surface area contributed by atoms with Gasteiger partial charge in [-0.1, -0.05) is 11.6 Å². The van der Waals surface area contributed by atoms with Crippen LogP contribution in [0.4, 0.5) is 5.82 Å². The van der Waals surface area contributed by atoms with Crippen molar-refractivity contribution in [1.82, 2.24) is 9.97 Å². The zero-order valence-corrected chi connectivity index (χ0v) is 9.15. The van der Waals surface area contributed by atoms with E-state index in [9.17, 15) is 0 Å². The monoisotopic (exact) mass is 231 g/mol. The maximum atomic E-state index is 5.94. The van der Waals surface area contributed by atoms with Gasteiger partial charge in [-0.25, -0.2) is 9.97 Å². The van der Waals surface area contributed by atoms with E-state index >= 15 is 0 Å². The van der Waals surface area contributed by atoms with Gasteiger partial charge in [0.2, 0.25) is 0 Å². The van der Waals surface area contributed by atoms with Crippen LogP contribution in [-0.4, -0.2) is 21.4 Å². The van der Waals surface area contributed by atoms with Crippen molar-refractivity contribution in [3.8, 4) is 0 Å². The van der Waals surface area contributed by atoms with Crippen molar-refractivity contribution in [1.29, 1.82) is 0 Å². The summed E-state index contributed by atoms with van der Waals surface area (Å²) in [6.07, 6.45) is 6.43. The van der Waals surface area contributed by atoms with Gasteiger partial charge in [0.05, 0.1) is 11.7 Å². The lowest BCUT2D eigenvalue weighted by Gasteiger charge is -2.41. The fourth-order valence-corrected chi connectivity index (χ4v) is 2.04. The topological polar surface area (TPSA) is 37.8 Å². The number of hydrogen-bond donors (Lipinski definition) is 1. The van der Waals surface area contributed by atoms with E-state index in [0.717, 1.165) is 12.8 Å². The molecule has 0 saturated heterocycles. The first-order chi connectivity index (χ1) is 6.76. The second-order valence-electron chi connectivity index (χ2n) is 3.61. The van der Waals surface area contributed by atoms with Crippen molar-refractivity contribution in [3.05, 3.63) is 17.5 Å². The highest BCUT2D eigenvalue weighted by Crippen LogP contribution is 2.37. The van der Waals surface area contributed by atoms with Gasteiger partial charge in [0.25, 0.3) is 0 Å². The molecule has 1 aliphatic rings. The van der Waals surface area contributed by atoms with Crippen molar-refractivity contribution < 1.29 is 0 Å². The summed E-state index contributed by atoms with van der Waals surface area (Å²) in [5.74, 6) is 1.27. The lowest BCUT2D eigenvalue weighted by Crippen LogP contribution is -2.47. The summed E-state index contributed by atoms with van der Waals surface area (Å²) in [6.45, 7) is 0. The SMILES string of the molecule is ClCC1(Nc2ncncc2Cl)CCC1. The van der Waals surface area contributed by atoms with Gasteiger partial charge in [-0.15, -0.1) is 11.6 Å². The summed E-state index contributed by atoms with van der Waals surface area (Å²) in [7, 11) is 0. The van der Waals surface area contributed by atoms with E-state index in [1.54, 1.807) is 6.20 Å². The van der Waals surface area contributed by atoms with E-state index in [-0.39, 0.29) is 5.54 Å². The number of alkyl halides is 1. The summed E-state index contributed by atoms with van der Waals surface area (Å²) < 4.78 is 0. The molecule has 1 heterocycles. The van der Waals surface area contributed by atoms with E-state index in [1.165, 1.54) is 12.7 Å². The Morgan fingerprint density at radius 3 is 2.79 bits per heavy atom. The molecule has 2 rings (SSSR count). The Morgan fingerprint density at radius 2 is 2.29 bits per heavy atom. The molecule has 1 aliphatic carbocycles. The smallest absolute Gasteiger partial charge is 0.148 e. The van der Waals surface area contributed by atoms with E-state index < -0.39 is 0 Å². The molecule has 1 N–H and O–H groups in total. The summed E-state index contributed by atoms with van der Waals surface area (Å²) in [5.41, 5.74) is -0.000448. The predicted octanol–water partition coefficient (Wildman–Crippen LogP) is 2.70. The standard InChI is InChI=1S/C9H11Cl2N3/c10-5-9(2-1-3-9)14-8-7(11)4-12-6-13-8/h4,6H,1-3,5H2,(H,12,13,14). The number of nitrogens with one attached hydrogen (secondary N) is 1. The Bertz CT molecular complexity index is 320. The average molecular weight is 232 g/mol. The Hall–Kier alpha value is -0.540. The molecule has 1 saturated carbocycles. The summed E-state index contributed by atoms with van der Waals surface area (Å²) in [4.78, 5) is 7.91. The minimum absolute atomic E-state index is 0.000448. The first kappa shape index (κ1) is 9.99. The van der Waals surface area contributed by atoms with Crippen molar-refractivity contribution >= 4 is 29.0 Å². The molecule has 0 aromatic carbocycles. The van der Waals surface area contributed by atoms with Crippen LogP contribution in [0, 0.1) is 0 Å². The van der Waals surface area contributed by atoms with Gasteiger partial charge in [-0.05, 0) is 19.3 Å². The van der Waals surface area contributed by atoms with E-state index in [0.29, 0.717) is 16.7 Å². The molecular formula is C9H11Cl2N3. The molecule has 0 amide bonds. The average Bonchev–Trinajstić information content (AvgIpc) is 2.14. The zero-order chi connectivity index (χ0) is 10.0. The molecule has 1 aromatic rings. The van der Waals surface area contributed by atoms with Crippen LogP contribution in [0.25, 0.3) is 0 Å². The highest BCUT2D eigenvalue weighted by atomic mass is 35.5. The lowest BCUT2D eigenvalue weighted by molar-refractivity contribution is 0.310. The largest absolute Gasteiger partial charge is 0.362 e. The Balaban J connectivity index is 2.13. The van der Waals surface area contributed by atoms with E-state index in [2.05, 4.69) is 15.3 Å². The molecule has 0 bridgehead atoms. The van der Waals surface area contributed by atoms with Crippen LogP contribution in [-0.2, 0) is 0 Å². The van der Waals surface area contributed by atoms with Crippen molar-refractivity contribution in [2.24, 2.45) is 0 Å². The number of rotatable bonds is 3. The quantitative estimate of drug-likeness (QED) is 0.814. The van der Waals surface area contributed by atoms with Gasteiger partial charge in [0.1, 0.15) is 17.2 Å². The van der Waals surface area contributed by atoms with Crippen LogP contribution in [0.1, 0.15) is 19.3 Å². The third-order valence-electron chi connectivity index (χ3n) is 2.62. The fourth-order valence-electron chi connectivity index (χ4n) is 1.55. The third-order valence-corrected chi connectivity index (χ3v) is 3.41. The highest BCUT2D eigenvalue weighted by Gasteiger charge is 2.36. The summed E-state index contributed by atoms with van der Waals surface area (Å²) in [5, 5.41) is 3.84. The third kappa shape index (κ3) is 1.79. The highest BCUT2D eigenvalue weighted by molar-refractivity contribution is 6.32. The van der Waals surface area contributed by atoms with Crippen molar-refractivity contribution in [2.75, 3.05) is 11.2 Å². The van der Waals surface area contributed by atoms with Gasteiger partial charge in [-0.3, -0.25) is 0 Å². The molecule has 0 spiro atoms. The number of anilines is 1. The number of nitrogens with zero attached hydrogens (tertiary/aromatic N) is 2. The zero-order valence-electron chi connectivity index (χ0n) is 7.63. The molecule has 0 atom stereocenters. The van der Waals surface area contributed by atoms with Gasteiger partial charge >= 0.3 is 0 Å². The van der Waals surface area contributed by atoms with Gasteiger partial charge < -0.3 is 5.32 Å². The molecule has 1 aromatic heterocycles. The van der Waals surface area contributed by atoms with E-state index in [4.69, 9.17) is 23.2 Å². The first-order valence-corrected chi connectivity index (χ1v) is 5.47. The molecule has 5 heteroatoms. The molecular weight excluding hydrogens is 221 g/mol. The normalized spacial score (nSPS) is 18.7. The molecule has 76 valence electrons. The maximum absolute atomic E-state index is 5.94. The summed E-state index contributed by atoms with van der Waals surface area (Å²) in [6, 6.07) is 0. The second-order valence-corrected chi connectivity index (χ2v) is 4.29.